The van der Waals surface area contributed by atoms with E-state index in [2.05, 4.69) is 5.32 Å². The predicted octanol–water partition coefficient (Wildman–Crippen LogP) is 0.719. The Morgan fingerprint density at radius 2 is 2.17 bits per heavy atom. The standard InChI is InChI=1S/C12H13F2N3O/c1-16-9-5-7(13)4-8(14)11(9)17-3-2-15-6-10(17)12(16)18/h4-5,10,15H,2-3,6H2,1H3. The van der Waals surface area contributed by atoms with Crippen molar-refractivity contribution in [2.75, 3.05) is 36.5 Å². The number of benzene rings is 1. The van der Waals surface area contributed by atoms with Crippen molar-refractivity contribution >= 4 is 17.3 Å². The van der Waals surface area contributed by atoms with Crippen molar-refractivity contribution in [2.24, 2.45) is 0 Å². The van der Waals surface area contributed by atoms with Gasteiger partial charge >= 0.3 is 0 Å². The molecule has 1 unspecified atom stereocenters. The molecule has 18 heavy (non-hydrogen) atoms. The first kappa shape index (κ1) is 11.4. The van der Waals surface area contributed by atoms with E-state index >= 15 is 0 Å². The van der Waals surface area contributed by atoms with Crippen LogP contribution in [0.2, 0.25) is 0 Å². The second-order valence-corrected chi connectivity index (χ2v) is 4.57. The van der Waals surface area contributed by atoms with E-state index in [9.17, 15) is 13.6 Å². The average Bonchev–Trinajstić information content (AvgIpc) is 2.35. The Morgan fingerprint density at radius 1 is 1.39 bits per heavy atom. The van der Waals surface area contributed by atoms with Crippen molar-refractivity contribution in [1.29, 1.82) is 0 Å². The van der Waals surface area contributed by atoms with Gasteiger partial charge in [0, 0.05) is 32.7 Å². The van der Waals surface area contributed by atoms with Gasteiger partial charge in [0.1, 0.15) is 11.9 Å². The SMILES string of the molecule is CN1C(=O)C2CNCCN2c2c(F)cc(F)cc21. The molecule has 0 spiro atoms. The fraction of sp³-hybridized carbons (Fsp3) is 0.417. The number of nitrogens with one attached hydrogen (secondary N) is 1. The summed E-state index contributed by atoms with van der Waals surface area (Å²) in [5.74, 6) is -1.42. The summed E-state index contributed by atoms with van der Waals surface area (Å²) >= 11 is 0. The third-order valence-electron chi connectivity index (χ3n) is 3.52. The number of carbonyl (C=O) groups excluding carboxylic acids is 1. The van der Waals surface area contributed by atoms with E-state index in [4.69, 9.17) is 0 Å². The fourth-order valence-electron chi connectivity index (χ4n) is 2.63. The lowest BCUT2D eigenvalue weighted by Crippen LogP contribution is -2.61. The highest BCUT2D eigenvalue weighted by molar-refractivity contribution is 6.05. The fourth-order valence-corrected chi connectivity index (χ4v) is 2.63. The van der Waals surface area contributed by atoms with Crippen LogP contribution >= 0.6 is 0 Å². The van der Waals surface area contributed by atoms with Crippen LogP contribution in [0, 0.1) is 11.6 Å². The highest BCUT2D eigenvalue weighted by Gasteiger charge is 2.39. The van der Waals surface area contributed by atoms with Crippen LogP contribution in [-0.4, -0.2) is 38.6 Å². The number of nitrogens with zero attached hydrogens (tertiary/aromatic N) is 2. The quantitative estimate of drug-likeness (QED) is 0.740. The molecule has 2 aliphatic heterocycles. The lowest BCUT2D eigenvalue weighted by atomic mass is 10.0. The molecule has 1 aromatic rings. The second kappa shape index (κ2) is 3.91. The van der Waals surface area contributed by atoms with Gasteiger partial charge in [0.15, 0.2) is 5.82 Å². The van der Waals surface area contributed by atoms with E-state index in [1.54, 1.807) is 11.9 Å². The molecule has 4 nitrogen and oxygen atoms in total. The molecule has 0 saturated carbocycles. The number of halogens is 2. The zero-order valence-corrected chi connectivity index (χ0v) is 9.91. The predicted molar refractivity (Wildman–Crippen MR) is 63.8 cm³/mol. The molecule has 1 N–H and O–H groups in total. The Kier molecular flexibility index (Phi) is 2.48. The van der Waals surface area contributed by atoms with Gasteiger partial charge < -0.3 is 15.1 Å². The minimum atomic E-state index is -0.667. The first-order valence-corrected chi connectivity index (χ1v) is 5.83. The van der Waals surface area contributed by atoms with E-state index < -0.39 is 17.7 Å². The van der Waals surface area contributed by atoms with Gasteiger partial charge in [-0.15, -0.1) is 0 Å². The number of fused-ring (bicyclic) bond motifs is 3. The van der Waals surface area contributed by atoms with Crippen molar-refractivity contribution in [3.63, 3.8) is 0 Å². The zero-order valence-electron chi connectivity index (χ0n) is 9.91. The summed E-state index contributed by atoms with van der Waals surface area (Å²) < 4.78 is 27.2. The van der Waals surface area contributed by atoms with Crippen molar-refractivity contribution in [3.05, 3.63) is 23.8 Å². The van der Waals surface area contributed by atoms with Gasteiger partial charge in [0.05, 0.1) is 11.4 Å². The van der Waals surface area contributed by atoms with E-state index in [1.165, 1.54) is 11.0 Å². The molecule has 0 aromatic heterocycles. The zero-order chi connectivity index (χ0) is 12.9. The molecule has 6 heteroatoms. The minimum absolute atomic E-state index is 0.139. The van der Waals surface area contributed by atoms with E-state index in [1.807, 2.05) is 0 Å². The number of piperazine rings is 1. The number of hydrogen-bond donors (Lipinski definition) is 1. The third-order valence-corrected chi connectivity index (χ3v) is 3.52. The molecule has 0 radical (unpaired) electrons. The Bertz CT molecular complexity index is 520. The molecule has 2 heterocycles. The summed E-state index contributed by atoms with van der Waals surface area (Å²) in [6.45, 7) is 1.71. The monoisotopic (exact) mass is 253 g/mol. The number of likely N-dealkylation sites (N-methyl/N-ethyl adjacent to an activating group) is 1. The molecule has 3 rings (SSSR count). The molecule has 2 aliphatic rings. The number of carbonyl (C=O) groups is 1. The van der Waals surface area contributed by atoms with Gasteiger partial charge in [-0.05, 0) is 6.07 Å². The molecule has 1 aromatic carbocycles. The highest BCUT2D eigenvalue weighted by Crippen LogP contribution is 2.38. The summed E-state index contributed by atoms with van der Waals surface area (Å²) in [6.07, 6.45) is 0. The Hall–Kier alpha value is -1.69. The van der Waals surface area contributed by atoms with Gasteiger partial charge in [-0.25, -0.2) is 8.78 Å². The number of amides is 1. The average molecular weight is 253 g/mol. The highest BCUT2D eigenvalue weighted by atomic mass is 19.1. The first-order valence-electron chi connectivity index (χ1n) is 5.83. The molecule has 96 valence electrons. The molecule has 1 atom stereocenters. The molecule has 0 aliphatic carbocycles. The van der Waals surface area contributed by atoms with Gasteiger partial charge in [-0.1, -0.05) is 0 Å². The topological polar surface area (TPSA) is 35.6 Å². The number of hydrogen-bond acceptors (Lipinski definition) is 3. The van der Waals surface area contributed by atoms with Crippen LogP contribution in [0.25, 0.3) is 0 Å². The molecular formula is C12H13F2N3O. The first-order chi connectivity index (χ1) is 8.59. The molecule has 1 amide bonds. The lowest BCUT2D eigenvalue weighted by molar-refractivity contribution is -0.120. The largest absolute Gasteiger partial charge is 0.353 e. The van der Waals surface area contributed by atoms with Gasteiger partial charge in [-0.3, -0.25) is 4.79 Å². The summed E-state index contributed by atoms with van der Waals surface area (Å²) in [4.78, 5) is 15.2. The van der Waals surface area contributed by atoms with Gasteiger partial charge in [-0.2, -0.15) is 0 Å². The summed E-state index contributed by atoms with van der Waals surface area (Å²) in [6, 6.07) is 1.66. The van der Waals surface area contributed by atoms with Crippen LogP contribution in [-0.2, 0) is 4.79 Å². The second-order valence-electron chi connectivity index (χ2n) is 4.57. The van der Waals surface area contributed by atoms with Gasteiger partial charge in [0.2, 0.25) is 0 Å². The normalized spacial score (nSPS) is 22.8. The summed E-state index contributed by atoms with van der Waals surface area (Å²) in [5, 5.41) is 3.11. The Balaban J connectivity index is 2.18. The third kappa shape index (κ3) is 1.49. The summed E-state index contributed by atoms with van der Waals surface area (Å²) in [5.41, 5.74) is 0.626. The lowest BCUT2D eigenvalue weighted by Gasteiger charge is -2.44. The van der Waals surface area contributed by atoms with E-state index in [-0.39, 0.29) is 5.91 Å². The van der Waals surface area contributed by atoms with E-state index in [0.717, 1.165) is 6.07 Å². The maximum Gasteiger partial charge on any atom is 0.250 e. The van der Waals surface area contributed by atoms with Gasteiger partial charge in [0.25, 0.3) is 5.91 Å². The Morgan fingerprint density at radius 3 is 2.94 bits per heavy atom. The Labute approximate surface area is 103 Å². The molecule has 0 bridgehead atoms. The smallest absolute Gasteiger partial charge is 0.250 e. The van der Waals surface area contributed by atoms with Crippen molar-refractivity contribution < 1.29 is 13.6 Å². The van der Waals surface area contributed by atoms with Crippen LogP contribution in [0.5, 0.6) is 0 Å². The van der Waals surface area contributed by atoms with Crippen molar-refractivity contribution in [3.8, 4) is 0 Å². The van der Waals surface area contributed by atoms with Crippen LogP contribution in [0.15, 0.2) is 12.1 Å². The van der Waals surface area contributed by atoms with Crippen LogP contribution in [0.3, 0.4) is 0 Å². The number of anilines is 2. The van der Waals surface area contributed by atoms with Crippen molar-refractivity contribution in [2.45, 2.75) is 6.04 Å². The number of rotatable bonds is 0. The van der Waals surface area contributed by atoms with Crippen LogP contribution in [0.4, 0.5) is 20.2 Å². The maximum atomic E-state index is 14.0. The molecule has 1 fully saturated rings. The molecular weight excluding hydrogens is 240 g/mol. The van der Waals surface area contributed by atoms with Crippen LogP contribution in [0.1, 0.15) is 0 Å². The van der Waals surface area contributed by atoms with E-state index in [0.29, 0.717) is 31.0 Å². The van der Waals surface area contributed by atoms with Crippen molar-refractivity contribution in [1.82, 2.24) is 5.32 Å². The minimum Gasteiger partial charge on any atom is -0.353 e. The summed E-state index contributed by atoms with van der Waals surface area (Å²) in [7, 11) is 1.55. The molecule has 1 saturated heterocycles. The van der Waals surface area contributed by atoms with Crippen LogP contribution < -0.4 is 15.1 Å². The maximum absolute atomic E-state index is 14.0.